The van der Waals surface area contributed by atoms with Gasteiger partial charge in [0.15, 0.2) is 5.84 Å². The number of hydrogen-bond acceptors (Lipinski definition) is 3. The number of rotatable bonds is 3. The molecule has 0 fully saturated rings. The lowest BCUT2D eigenvalue weighted by molar-refractivity contribution is 0.318. The highest BCUT2D eigenvalue weighted by Crippen LogP contribution is 2.28. The number of hydrogen-bond donors (Lipinski definition) is 2. The van der Waals surface area contributed by atoms with E-state index in [9.17, 15) is 0 Å². The van der Waals surface area contributed by atoms with Crippen LogP contribution in [0.2, 0.25) is 0 Å². The highest BCUT2D eigenvalue weighted by molar-refractivity contribution is 9.10. The molecule has 0 atom stereocenters. The van der Waals surface area contributed by atoms with Crippen LogP contribution >= 0.6 is 31.9 Å². The number of ether oxygens (including phenoxy) is 1. The van der Waals surface area contributed by atoms with Crippen molar-refractivity contribution in [1.82, 2.24) is 0 Å². The predicted molar refractivity (Wildman–Crippen MR) is 80.9 cm³/mol. The second kappa shape index (κ2) is 6.08. The summed E-state index contributed by atoms with van der Waals surface area (Å²) in [7, 11) is 0. The molecule has 0 heterocycles. The zero-order valence-corrected chi connectivity index (χ0v) is 12.8. The van der Waals surface area contributed by atoms with E-state index in [0.717, 1.165) is 8.95 Å². The molecule has 19 heavy (non-hydrogen) atoms. The molecule has 4 nitrogen and oxygen atoms in total. The maximum atomic E-state index is 8.79. The van der Waals surface area contributed by atoms with E-state index >= 15 is 0 Å². The molecule has 0 amide bonds. The van der Waals surface area contributed by atoms with Gasteiger partial charge >= 0.3 is 0 Å². The minimum atomic E-state index is -0.00610. The van der Waals surface area contributed by atoms with Crippen molar-refractivity contribution in [2.24, 2.45) is 10.9 Å². The quantitative estimate of drug-likeness (QED) is 0.361. The van der Waals surface area contributed by atoms with Crippen LogP contribution in [-0.4, -0.2) is 11.0 Å². The normalized spacial score (nSPS) is 11.4. The summed E-state index contributed by atoms with van der Waals surface area (Å²) in [5, 5.41) is 11.8. The summed E-state index contributed by atoms with van der Waals surface area (Å²) < 4.78 is 7.51. The fourth-order valence-electron chi connectivity index (χ4n) is 1.47. The van der Waals surface area contributed by atoms with Crippen molar-refractivity contribution in [3.63, 3.8) is 0 Å². The second-order valence-electron chi connectivity index (χ2n) is 3.68. The molecule has 0 bridgehead atoms. The Kier molecular flexibility index (Phi) is 4.44. The zero-order valence-electron chi connectivity index (χ0n) is 9.68. The zero-order chi connectivity index (χ0) is 13.8. The first-order chi connectivity index (χ1) is 9.10. The molecule has 0 aliphatic heterocycles. The number of amidine groups is 1. The van der Waals surface area contributed by atoms with E-state index in [2.05, 4.69) is 37.0 Å². The largest absolute Gasteiger partial charge is 0.457 e. The van der Waals surface area contributed by atoms with Gasteiger partial charge in [0, 0.05) is 8.95 Å². The summed E-state index contributed by atoms with van der Waals surface area (Å²) in [5.41, 5.74) is 6.15. The Labute approximate surface area is 127 Å². The molecule has 0 saturated carbocycles. The van der Waals surface area contributed by atoms with Crippen LogP contribution in [0.15, 0.2) is 56.6 Å². The van der Waals surface area contributed by atoms with E-state index in [-0.39, 0.29) is 5.84 Å². The number of benzene rings is 2. The molecule has 0 aliphatic carbocycles. The lowest BCUT2D eigenvalue weighted by atomic mass is 10.2. The van der Waals surface area contributed by atoms with Crippen molar-refractivity contribution in [2.45, 2.75) is 0 Å². The molecule has 0 aliphatic rings. The first-order valence-corrected chi connectivity index (χ1v) is 6.89. The van der Waals surface area contributed by atoms with Crippen LogP contribution in [0.1, 0.15) is 5.56 Å². The van der Waals surface area contributed by atoms with Crippen molar-refractivity contribution >= 4 is 37.7 Å². The van der Waals surface area contributed by atoms with Gasteiger partial charge in [-0.3, -0.25) is 0 Å². The fourth-order valence-corrected chi connectivity index (χ4v) is 2.10. The topological polar surface area (TPSA) is 67.8 Å². The van der Waals surface area contributed by atoms with Crippen molar-refractivity contribution in [1.29, 1.82) is 0 Å². The molecule has 3 N–H and O–H groups in total. The van der Waals surface area contributed by atoms with Gasteiger partial charge in [-0.1, -0.05) is 37.0 Å². The summed E-state index contributed by atoms with van der Waals surface area (Å²) in [4.78, 5) is 0. The van der Waals surface area contributed by atoms with Gasteiger partial charge in [-0.05, 0) is 42.5 Å². The molecular weight excluding hydrogens is 376 g/mol. The Balaban J connectivity index is 2.37. The number of oxime groups is 1. The van der Waals surface area contributed by atoms with E-state index in [4.69, 9.17) is 15.7 Å². The predicted octanol–water partition coefficient (Wildman–Crippen LogP) is 4.10. The van der Waals surface area contributed by atoms with E-state index in [0.29, 0.717) is 17.1 Å². The molecule has 0 unspecified atom stereocenters. The summed E-state index contributed by atoms with van der Waals surface area (Å²) >= 11 is 6.69. The Morgan fingerprint density at radius 2 is 1.68 bits per heavy atom. The molecule has 6 heteroatoms. The molecular formula is C13H10Br2N2O2. The Morgan fingerprint density at radius 3 is 2.32 bits per heavy atom. The molecule has 0 saturated heterocycles. The van der Waals surface area contributed by atoms with Gasteiger partial charge in [-0.2, -0.15) is 0 Å². The smallest absolute Gasteiger partial charge is 0.173 e. The van der Waals surface area contributed by atoms with Crippen LogP contribution in [0, 0.1) is 0 Å². The van der Waals surface area contributed by atoms with Crippen molar-refractivity contribution in [3.8, 4) is 11.5 Å². The third kappa shape index (κ3) is 3.48. The van der Waals surface area contributed by atoms with Gasteiger partial charge in [-0.15, -0.1) is 0 Å². The molecule has 0 aromatic heterocycles. The van der Waals surface area contributed by atoms with Crippen LogP contribution in [-0.2, 0) is 0 Å². The molecule has 0 spiro atoms. The summed E-state index contributed by atoms with van der Waals surface area (Å²) in [6.45, 7) is 0. The van der Waals surface area contributed by atoms with Gasteiger partial charge in [0.1, 0.15) is 11.5 Å². The summed E-state index contributed by atoms with van der Waals surface area (Å²) in [5.74, 6) is 1.17. The first kappa shape index (κ1) is 13.9. The van der Waals surface area contributed by atoms with Crippen molar-refractivity contribution in [2.75, 3.05) is 0 Å². The number of nitrogens with zero attached hydrogens (tertiary/aromatic N) is 1. The number of nitrogens with two attached hydrogens (primary N) is 1. The molecule has 0 radical (unpaired) electrons. The van der Waals surface area contributed by atoms with Gasteiger partial charge in [-0.25, -0.2) is 0 Å². The third-order valence-corrected chi connectivity index (χ3v) is 3.39. The van der Waals surface area contributed by atoms with Gasteiger partial charge in [0.2, 0.25) is 0 Å². The highest BCUT2D eigenvalue weighted by atomic mass is 79.9. The van der Waals surface area contributed by atoms with Crippen LogP contribution in [0.3, 0.4) is 0 Å². The summed E-state index contributed by atoms with van der Waals surface area (Å²) in [6.07, 6.45) is 0. The van der Waals surface area contributed by atoms with Gasteiger partial charge < -0.3 is 15.7 Å². The van der Waals surface area contributed by atoms with E-state index < -0.39 is 0 Å². The highest BCUT2D eigenvalue weighted by Gasteiger charge is 2.10. The average molecular weight is 386 g/mol. The minimum Gasteiger partial charge on any atom is -0.457 e. The van der Waals surface area contributed by atoms with Crippen LogP contribution in [0.25, 0.3) is 0 Å². The molecule has 2 aromatic rings. The van der Waals surface area contributed by atoms with E-state index in [1.165, 1.54) is 0 Å². The van der Waals surface area contributed by atoms with Crippen LogP contribution in [0.5, 0.6) is 11.5 Å². The van der Waals surface area contributed by atoms with Gasteiger partial charge in [0.05, 0.1) is 5.56 Å². The van der Waals surface area contributed by atoms with E-state index in [1.807, 2.05) is 30.3 Å². The molecule has 2 rings (SSSR count). The average Bonchev–Trinajstić information content (AvgIpc) is 2.42. The van der Waals surface area contributed by atoms with Crippen molar-refractivity contribution < 1.29 is 9.94 Å². The van der Waals surface area contributed by atoms with Crippen molar-refractivity contribution in [3.05, 3.63) is 57.0 Å². The maximum absolute atomic E-state index is 8.79. The Morgan fingerprint density at radius 1 is 1.05 bits per heavy atom. The Hall–Kier alpha value is -1.53. The SMILES string of the molecule is N/C(=N/O)c1cc(Br)ccc1Oc1ccc(Br)cc1. The van der Waals surface area contributed by atoms with Gasteiger partial charge in [0.25, 0.3) is 0 Å². The van der Waals surface area contributed by atoms with Crippen LogP contribution in [0.4, 0.5) is 0 Å². The summed E-state index contributed by atoms with van der Waals surface area (Å²) in [6, 6.07) is 12.7. The monoisotopic (exact) mass is 384 g/mol. The standard InChI is InChI=1S/C13H10Br2N2O2/c14-8-1-4-10(5-2-8)19-12-6-3-9(15)7-11(12)13(16)17-18/h1-7,18H,(H2,16,17). The maximum Gasteiger partial charge on any atom is 0.173 e. The Bertz CT molecular complexity index is 613. The van der Waals surface area contributed by atoms with Crippen LogP contribution < -0.4 is 10.5 Å². The molecule has 2 aromatic carbocycles. The fraction of sp³-hybridized carbons (Fsp3) is 0. The number of halogens is 2. The lowest BCUT2D eigenvalue weighted by Crippen LogP contribution is -2.14. The first-order valence-electron chi connectivity index (χ1n) is 5.31. The molecule has 98 valence electrons. The lowest BCUT2D eigenvalue weighted by Gasteiger charge is -2.10. The van der Waals surface area contributed by atoms with E-state index in [1.54, 1.807) is 12.1 Å². The second-order valence-corrected chi connectivity index (χ2v) is 5.51. The minimum absolute atomic E-state index is 0.00610. The third-order valence-electron chi connectivity index (χ3n) is 2.37.